The van der Waals surface area contributed by atoms with Gasteiger partial charge in [-0.25, -0.2) is 0 Å². The standard InChI is InChI=1S/C22H17BrN4O.C20H18BrN3/c1-13(28)27-19-11-25-18-9-8-16(23)10-17(18)20(19)21(26-27)14-4-6-15(7-5-14)22(2,3)12-24;1-20(2,12-22)14-5-3-13(4-6-14)9-16-17-10-15(21)7-8-19(17)24-11-18(16)23/h4-11H,1-3H3;3-8,10-11H,9,23H2,1-2H3. The zero-order valence-electron chi connectivity index (χ0n) is 29.4. The van der Waals surface area contributed by atoms with Gasteiger partial charge in [-0.2, -0.15) is 20.3 Å². The van der Waals surface area contributed by atoms with Crippen LogP contribution in [0, 0.1) is 22.7 Å². The molecule has 4 aromatic carbocycles. The molecule has 0 radical (unpaired) electrons. The fraction of sp³-hybridized carbons (Fsp3) is 0.190. The summed E-state index contributed by atoms with van der Waals surface area (Å²) in [4.78, 5) is 21.0. The second kappa shape index (κ2) is 14.3. The molecule has 7 rings (SSSR count). The van der Waals surface area contributed by atoms with Crippen molar-refractivity contribution in [2.24, 2.45) is 0 Å². The van der Waals surface area contributed by atoms with E-state index in [-0.39, 0.29) is 5.91 Å². The summed E-state index contributed by atoms with van der Waals surface area (Å²) >= 11 is 7.04. The molecule has 0 saturated heterocycles. The number of carbonyl (C=O) groups is 1. The van der Waals surface area contributed by atoms with Crippen molar-refractivity contribution in [3.63, 3.8) is 0 Å². The lowest BCUT2D eigenvalue weighted by Crippen LogP contribution is -2.13. The van der Waals surface area contributed by atoms with E-state index in [2.05, 4.69) is 77.3 Å². The summed E-state index contributed by atoms with van der Waals surface area (Å²) in [5, 5.41) is 26.1. The van der Waals surface area contributed by atoms with Gasteiger partial charge in [0.15, 0.2) is 0 Å². The van der Waals surface area contributed by atoms with E-state index in [1.165, 1.54) is 11.6 Å². The van der Waals surface area contributed by atoms with Gasteiger partial charge in [-0.15, -0.1) is 0 Å². The summed E-state index contributed by atoms with van der Waals surface area (Å²) in [6, 6.07) is 32.5. The number of nitrogens with zero attached hydrogens (tertiary/aromatic N) is 6. The number of nitriles is 2. The van der Waals surface area contributed by atoms with Crippen LogP contribution in [0.3, 0.4) is 0 Å². The van der Waals surface area contributed by atoms with Gasteiger partial charge < -0.3 is 5.73 Å². The molecular weight excluding hydrogens is 778 g/mol. The van der Waals surface area contributed by atoms with E-state index in [9.17, 15) is 15.3 Å². The van der Waals surface area contributed by atoms with E-state index in [4.69, 9.17) is 5.73 Å². The molecule has 0 amide bonds. The average Bonchev–Trinajstić information content (AvgIpc) is 3.54. The number of pyridine rings is 2. The number of carbonyl (C=O) groups excluding carboxylic acids is 1. The molecular formula is C42H35Br2N7O. The van der Waals surface area contributed by atoms with Crippen molar-refractivity contribution in [3.05, 3.63) is 129 Å². The number of benzene rings is 4. The lowest BCUT2D eigenvalue weighted by Gasteiger charge is -2.16. The Labute approximate surface area is 319 Å². The molecule has 8 nitrogen and oxygen atoms in total. The molecule has 10 heteroatoms. The van der Waals surface area contributed by atoms with E-state index in [0.29, 0.717) is 11.2 Å². The highest BCUT2D eigenvalue weighted by Gasteiger charge is 2.22. The Balaban J connectivity index is 0.000000181. The van der Waals surface area contributed by atoms with Gasteiger partial charge in [0.05, 0.1) is 57.6 Å². The van der Waals surface area contributed by atoms with E-state index in [0.717, 1.165) is 76.1 Å². The molecule has 0 fully saturated rings. The van der Waals surface area contributed by atoms with Crippen molar-refractivity contribution < 1.29 is 4.79 Å². The molecule has 0 bridgehead atoms. The third-order valence-corrected chi connectivity index (χ3v) is 10.2. The molecule has 52 heavy (non-hydrogen) atoms. The Morgan fingerprint density at radius 3 is 1.85 bits per heavy atom. The average molecular weight is 814 g/mol. The Morgan fingerprint density at radius 1 is 0.769 bits per heavy atom. The predicted octanol–water partition coefficient (Wildman–Crippen LogP) is 10.4. The number of fused-ring (bicyclic) bond motifs is 4. The fourth-order valence-corrected chi connectivity index (χ4v) is 6.78. The second-order valence-corrected chi connectivity index (χ2v) is 15.6. The topological polar surface area (TPSA) is 134 Å². The van der Waals surface area contributed by atoms with Gasteiger partial charge in [-0.3, -0.25) is 14.8 Å². The molecule has 3 aromatic heterocycles. The van der Waals surface area contributed by atoms with Crippen LogP contribution in [0.25, 0.3) is 44.0 Å². The number of rotatable bonds is 5. The lowest BCUT2D eigenvalue weighted by atomic mass is 9.85. The largest absolute Gasteiger partial charge is 0.397 e. The van der Waals surface area contributed by atoms with E-state index >= 15 is 0 Å². The SMILES string of the molecule is CC(=O)n1nc(-c2ccc(C(C)(C)C#N)cc2)c2c3cc(Br)ccc3ncc21.CC(C)(C#N)c1ccc(Cc2c(N)cnc3ccc(Br)cc23)cc1. The molecule has 0 aliphatic heterocycles. The molecule has 0 atom stereocenters. The van der Waals surface area contributed by atoms with Gasteiger partial charge in [-0.1, -0.05) is 80.4 Å². The summed E-state index contributed by atoms with van der Waals surface area (Å²) in [5.41, 5.74) is 14.1. The normalized spacial score (nSPS) is 11.6. The van der Waals surface area contributed by atoms with Crippen molar-refractivity contribution in [2.75, 3.05) is 5.73 Å². The highest BCUT2D eigenvalue weighted by atomic mass is 79.9. The molecule has 3 heterocycles. The number of nitrogen functional groups attached to an aromatic ring is 1. The predicted molar refractivity (Wildman–Crippen MR) is 215 cm³/mol. The first-order chi connectivity index (χ1) is 24.7. The van der Waals surface area contributed by atoms with Crippen molar-refractivity contribution in [1.29, 1.82) is 10.5 Å². The Morgan fingerprint density at radius 2 is 1.29 bits per heavy atom. The molecule has 0 aliphatic rings. The van der Waals surface area contributed by atoms with Crippen LogP contribution in [0.4, 0.5) is 5.69 Å². The Hall–Kier alpha value is -5.42. The summed E-state index contributed by atoms with van der Waals surface area (Å²) in [6.07, 6.45) is 4.14. The van der Waals surface area contributed by atoms with Crippen LogP contribution in [0.5, 0.6) is 0 Å². The smallest absolute Gasteiger partial charge is 0.244 e. The molecule has 0 spiro atoms. The zero-order chi connectivity index (χ0) is 37.4. The molecule has 0 aliphatic carbocycles. The first-order valence-corrected chi connectivity index (χ1v) is 18.1. The number of aromatic nitrogens is 4. The van der Waals surface area contributed by atoms with Gasteiger partial charge >= 0.3 is 0 Å². The van der Waals surface area contributed by atoms with Crippen LogP contribution in [0.15, 0.2) is 106 Å². The van der Waals surface area contributed by atoms with Gasteiger partial charge in [-0.05, 0) is 86.3 Å². The first-order valence-electron chi connectivity index (χ1n) is 16.6. The minimum atomic E-state index is -0.569. The lowest BCUT2D eigenvalue weighted by molar-refractivity contribution is 0.0927. The van der Waals surface area contributed by atoms with Crippen LogP contribution in [-0.4, -0.2) is 25.7 Å². The third kappa shape index (κ3) is 7.18. The summed E-state index contributed by atoms with van der Waals surface area (Å²) < 4.78 is 3.34. The Bertz CT molecular complexity index is 2570. The molecule has 2 N–H and O–H groups in total. The monoisotopic (exact) mass is 811 g/mol. The Kier molecular flexibility index (Phi) is 10.0. The van der Waals surface area contributed by atoms with Crippen molar-refractivity contribution in [3.8, 4) is 23.4 Å². The molecule has 0 saturated carbocycles. The molecule has 0 unspecified atom stereocenters. The molecule has 7 aromatic rings. The minimum absolute atomic E-state index is 0.172. The fourth-order valence-electron chi connectivity index (χ4n) is 6.06. The number of nitrogens with two attached hydrogens (primary N) is 1. The van der Waals surface area contributed by atoms with Crippen LogP contribution in [-0.2, 0) is 17.3 Å². The number of anilines is 1. The van der Waals surface area contributed by atoms with Gasteiger partial charge in [0, 0.05) is 44.0 Å². The first kappa shape index (κ1) is 36.4. The van der Waals surface area contributed by atoms with Crippen LogP contribution in [0.2, 0.25) is 0 Å². The van der Waals surface area contributed by atoms with Gasteiger partial charge in [0.2, 0.25) is 5.91 Å². The zero-order valence-corrected chi connectivity index (χ0v) is 32.5. The highest BCUT2D eigenvalue weighted by Crippen LogP contribution is 2.35. The maximum atomic E-state index is 12.2. The van der Waals surface area contributed by atoms with E-state index in [1.807, 2.05) is 94.4 Å². The van der Waals surface area contributed by atoms with Crippen LogP contribution < -0.4 is 5.73 Å². The third-order valence-electron chi connectivity index (χ3n) is 9.24. The minimum Gasteiger partial charge on any atom is -0.397 e. The van der Waals surface area contributed by atoms with Crippen LogP contribution >= 0.6 is 31.9 Å². The summed E-state index contributed by atoms with van der Waals surface area (Å²) in [5.74, 6) is -0.172. The van der Waals surface area contributed by atoms with E-state index < -0.39 is 10.8 Å². The molecule has 258 valence electrons. The number of hydrogen-bond donors (Lipinski definition) is 1. The maximum absolute atomic E-state index is 12.2. The number of hydrogen-bond acceptors (Lipinski definition) is 7. The van der Waals surface area contributed by atoms with Crippen molar-refractivity contribution in [2.45, 2.75) is 51.9 Å². The van der Waals surface area contributed by atoms with Crippen LogP contribution in [0.1, 0.15) is 61.7 Å². The highest BCUT2D eigenvalue weighted by molar-refractivity contribution is 9.10. The summed E-state index contributed by atoms with van der Waals surface area (Å²) in [6.45, 7) is 9.11. The van der Waals surface area contributed by atoms with Gasteiger partial charge in [0.25, 0.3) is 0 Å². The van der Waals surface area contributed by atoms with Crippen molar-refractivity contribution in [1.82, 2.24) is 19.7 Å². The number of halogens is 2. The quantitative estimate of drug-likeness (QED) is 0.183. The van der Waals surface area contributed by atoms with E-state index in [1.54, 1.807) is 12.4 Å². The second-order valence-electron chi connectivity index (χ2n) is 13.7. The van der Waals surface area contributed by atoms with Crippen molar-refractivity contribution >= 4 is 76.2 Å². The van der Waals surface area contributed by atoms with Gasteiger partial charge in [0.1, 0.15) is 5.69 Å². The summed E-state index contributed by atoms with van der Waals surface area (Å²) in [7, 11) is 0. The maximum Gasteiger partial charge on any atom is 0.244 e.